The van der Waals surface area contributed by atoms with Crippen molar-refractivity contribution in [1.82, 2.24) is 25.4 Å². The van der Waals surface area contributed by atoms with Gasteiger partial charge in [0.05, 0.1) is 11.6 Å². The van der Waals surface area contributed by atoms with E-state index in [1.807, 2.05) is 18.4 Å². The first-order valence-corrected chi connectivity index (χ1v) is 9.51. The molecule has 0 atom stereocenters. The predicted octanol–water partition coefficient (Wildman–Crippen LogP) is 3.50. The second-order valence-electron chi connectivity index (χ2n) is 5.67. The maximum absolute atomic E-state index is 12.7. The van der Waals surface area contributed by atoms with Crippen molar-refractivity contribution >= 4 is 29.2 Å². The van der Waals surface area contributed by atoms with E-state index in [0.717, 1.165) is 12.2 Å². The molecule has 2 aromatic rings. The largest absolute Gasteiger partial charge is 0.433 e. The highest BCUT2D eigenvalue weighted by Crippen LogP contribution is 2.34. The second kappa shape index (κ2) is 11.0. The summed E-state index contributed by atoms with van der Waals surface area (Å²) < 4.78 is 31.8. The molecule has 1 aromatic carbocycles. The number of rotatable bonds is 9. The van der Waals surface area contributed by atoms with Gasteiger partial charge in [-0.2, -0.15) is 8.78 Å². The van der Waals surface area contributed by atoms with Crippen LogP contribution >= 0.6 is 23.2 Å². The van der Waals surface area contributed by atoms with Gasteiger partial charge in [0.1, 0.15) is 17.9 Å². The molecule has 0 spiro atoms. The van der Waals surface area contributed by atoms with Crippen LogP contribution in [0.25, 0.3) is 0 Å². The maximum atomic E-state index is 12.7. The van der Waals surface area contributed by atoms with E-state index in [4.69, 9.17) is 23.2 Å². The highest BCUT2D eigenvalue weighted by atomic mass is 35.5. The van der Waals surface area contributed by atoms with Crippen LogP contribution in [-0.4, -0.2) is 40.4 Å². The number of aryl methyl sites for hydroxylation is 1. The molecular weight excluding hydrogens is 413 g/mol. The molecule has 11 heteroatoms. The van der Waals surface area contributed by atoms with Gasteiger partial charge in [-0.25, -0.2) is 4.99 Å². The van der Waals surface area contributed by atoms with Gasteiger partial charge in [0, 0.05) is 36.6 Å². The molecule has 0 saturated heterocycles. The van der Waals surface area contributed by atoms with Crippen LogP contribution in [0, 0.1) is 0 Å². The second-order valence-corrected chi connectivity index (χ2v) is 6.51. The van der Waals surface area contributed by atoms with E-state index in [1.165, 1.54) is 12.1 Å². The third-order valence-corrected chi connectivity index (χ3v) is 4.20. The van der Waals surface area contributed by atoms with Crippen molar-refractivity contribution in [1.29, 1.82) is 0 Å². The zero-order valence-corrected chi connectivity index (χ0v) is 17.1. The fourth-order valence-electron chi connectivity index (χ4n) is 2.49. The van der Waals surface area contributed by atoms with Crippen LogP contribution in [0.5, 0.6) is 5.75 Å². The highest BCUT2D eigenvalue weighted by Gasteiger charge is 2.15. The molecule has 1 aromatic heterocycles. The Kier molecular flexibility index (Phi) is 8.72. The van der Waals surface area contributed by atoms with Crippen LogP contribution in [0.1, 0.15) is 25.2 Å². The van der Waals surface area contributed by atoms with E-state index in [1.54, 1.807) is 6.33 Å². The van der Waals surface area contributed by atoms with E-state index in [0.29, 0.717) is 36.2 Å². The Hall–Kier alpha value is -2.13. The first-order valence-electron chi connectivity index (χ1n) is 8.76. The number of aliphatic imine (C=N–C) groups is 1. The Bertz CT molecular complexity index is 800. The highest BCUT2D eigenvalue weighted by molar-refractivity contribution is 6.35. The lowest BCUT2D eigenvalue weighted by atomic mass is 10.2. The SMILES string of the molecule is CCNC(=NCc1cc(Cl)cc(Cl)c1OC(F)F)NCCn1cnnc1CC. The summed E-state index contributed by atoms with van der Waals surface area (Å²) in [6.45, 7) is 2.86. The number of halogens is 4. The van der Waals surface area contributed by atoms with Crippen LogP contribution < -0.4 is 15.4 Å². The summed E-state index contributed by atoms with van der Waals surface area (Å²) >= 11 is 12.0. The summed E-state index contributed by atoms with van der Waals surface area (Å²) in [4.78, 5) is 4.41. The number of guanidine groups is 1. The molecule has 1 heterocycles. The van der Waals surface area contributed by atoms with Crippen molar-refractivity contribution in [3.63, 3.8) is 0 Å². The van der Waals surface area contributed by atoms with Gasteiger partial charge in [-0.1, -0.05) is 30.1 Å². The first kappa shape index (κ1) is 22.2. The van der Waals surface area contributed by atoms with Crippen LogP contribution in [-0.2, 0) is 19.5 Å². The smallest absolute Gasteiger partial charge is 0.387 e. The van der Waals surface area contributed by atoms with E-state index in [9.17, 15) is 8.78 Å². The minimum Gasteiger partial charge on any atom is -0.433 e. The number of aromatic nitrogens is 3. The molecule has 0 bridgehead atoms. The minimum atomic E-state index is -3.00. The van der Waals surface area contributed by atoms with Crippen molar-refractivity contribution in [2.45, 2.75) is 40.0 Å². The van der Waals surface area contributed by atoms with Gasteiger partial charge in [-0.15, -0.1) is 10.2 Å². The first-order chi connectivity index (χ1) is 13.4. The van der Waals surface area contributed by atoms with E-state index in [-0.39, 0.29) is 17.3 Å². The van der Waals surface area contributed by atoms with Crippen LogP contribution in [0.3, 0.4) is 0 Å². The molecule has 0 saturated carbocycles. The van der Waals surface area contributed by atoms with Gasteiger partial charge in [0.15, 0.2) is 5.96 Å². The minimum absolute atomic E-state index is 0.00987. The molecule has 28 heavy (non-hydrogen) atoms. The van der Waals surface area contributed by atoms with E-state index in [2.05, 4.69) is 30.6 Å². The van der Waals surface area contributed by atoms with Gasteiger partial charge in [-0.05, 0) is 19.1 Å². The van der Waals surface area contributed by atoms with Gasteiger partial charge in [-0.3, -0.25) is 0 Å². The number of benzene rings is 1. The van der Waals surface area contributed by atoms with Crippen LogP contribution in [0.4, 0.5) is 8.78 Å². The average Bonchev–Trinajstić information content (AvgIpc) is 3.09. The van der Waals surface area contributed by atoms with Gasteiger partial charge >= 0.3 is 6.61 Å². The summed E-state index contributed by atoms with van der Waals surface area (Å²) in [6, 6.07) is 2.85. The molecule has 0 aliphatic carbocycles. The van der Waals surface area contributed by atoms with Gasteiger partial charge < -0.3 is 19.9 Å². The Morgan fingerprint density at radius 1 is 1.29 bits per heavy atom. The van der Waals surface area contributed by atoms with E-state index >= 15 is 0 Å². The zero-order chi connectivity index (χ0) is 20.5. The van der Waals surface area contributed by atoms with E-state index < -0.39 is 6.61 Å². The number of nitrogens with zero attached hydrogens (tertiary/aromatic N) is 4. The van der Waals surface area contributed by atoms with Gasteiger partial charge in [0.2, 0.25) is 0 Å². The van der Waals surface area contributed by atoms with Gasteiger partial charge in [0.25, 0.3) is 0 Å². The third-order valence-electron chi connectivity index (χ3n) is 3.70. The Labute approximate surface area is 172 Å². The molecular formula is C17H22Cl2F2N6O. The zero-order valence-electron chi connectivity index (χ0n) is 15.6. The number of hydrogen-bond donors (Lipinski definition) is 2. The third kappa shape index (κ3) is 6.49. The monoisotopic (exact) mass is 434 g/mol. The molecule has 0 aliphatic heterocycles. The van der Waals surface area contributed by atoms with Crippen molar-refractivity contribution in [3.8, 4) is 5.75 Å². The normalized spacial score (nSPS) is 11.8. The molecule has 2 N–H and O–H groups in total. The summed E-state index contributed by atoms with van der Waals surface area (Å²) in [5.74, 6) is 1.29. The van der Waals surface area contributed by atoms with Crippen molar-refractivity contribution in [2.24, 2.45) is 4.99 Å². The van der Waals surface area contributed by atoms with Crippen LogP contribution in [0.2, 0.25) is 10.0 Å². The molecule has 0 radical (unpaired) electrons. The average molecular weight is 435 g/mol. The summed E-state index contributed by atoms with van der Waals surface area (Å²) in [5, 5.41) is 14.5. The predicted molar refractivity (Wildman–Crippen MR) is 105 cm³/mol. The Morgan fingerprint density at radius 2 is 2.07 bits per heavy atom. The number of ether oxygens (including phenoxy) is 1. The number of nitrogens with one attached hydrogen (secondary N) is 2. The lowest BCUT2D eigenvalue weighted by molar-refractivity contribution is -0.0503. The van der Waals surface area contributed by atoms with Crippen molar-refractivity contribution < 1.29 is 13.5 Å². The molecule has 0 fully saturated rings. The molecule has 0 unspecified atom stereocenters. The Balaban J connectivity index is 2.07. The summed E-state index contributed by atoms with van der Waals surface area (Å²) in [6.07, 6.45) is 2.46. The quantitative estimate of drug-likeness (QED) is 0.466. The number of hydrogen-bond acceptors (Lipinski definition) is 4. The lowest BCUT2D eigenvalue weighted by Gasteiger charge is -2.14. The van der Waals surface area contributed by atoms with Crippen LogP contribution in [0.15, 0.2) is 23.5 Å². The summed E-state index contributed by atoms with van der Waals surface area (Å²) in [7, 11) is 0. The summed E-state index contributed by atoms with van der Waals surface area (Å²) in [5.41, 5.74) is 0.363. The fourth-order valence-corrected chi connectivity index (χ4v) is 3.07. The van der Waals surface area contributed by atoms with Crippen molar-refractivity contribution in [3.05, 3.63) is 39.9 Å². The fraction of sp³-hybridized carbons (Fsp3) is 0.471. The number of alkyl halides is 2. The topological polar surface area (TPSA) is 76.4 Å². The standard InChI is InChI=1S/C17H22Cl2F2N6O/c1-3-14-26-25-10-27(14)6-5-23-17(22-4-2)24-9-11-7-12(18)8-13(19)15(11)28-16(20)21/h7-8,10,16H,3-6,9H2,1-2H3,(H2,22,23,24). The molecule has 154 valence electrons. The molecule has 7 nitrogen and oxygen atoms in total. The Morgan fingerprint density at radius 3 is 2.75 bits per heavy atom. The lowest BCUT2D eigenvalue weighted by Crippen LogP contribution is -2.39. The maximum Gasteiger partial charge on any atom is 0.387 e. The molecule has 0 amide bonds. The van der Waals surface area contributed by atoms with Crippen molar-refractivity contribution in [2.75, 3.05) is 13.1 Å². The molecule has 0 aliphatic rings. The molecule has 2 rings (SSSR count).